The maximum Gasteiger partial charge on any atom is 0.360 e. The molecule has 0 fully saturated rings. The summed E-state index contributed by atoms with van der Waals surface area (Å²) in [6.07, 6.45) is 1.73. The molecule has 6 nitrogen and oxygen atoms in total. The summed E-state index contributed by atoms with van der Waals surface area (Å²) in [6.45, 7) is 6.34. The fraction of sp³-hybridized carbons (Fsp3) is 0.278. The van der Waals surface area contributed by atoms with Crippen molar-refractivity contribution in [1.82, 2.24) is 14.5 Å². The smallest absolute Gasteiger partial charge is 0.360 e. The summed E-state index contributed by atoms with van der Waals surface area (Å²) in [7, 11) is 0. The number of esters is 1. The fourth-order valence-corrected chi connectivity index (χ4v) is 2.38. The molecular formula is C18H19N3O3. The van der Waals surface area contributed by atoms with Crippen LogP contribution in [0.2, 0.25) is 0 Å². The Bertz CT molecular complexity index is 850. The zero-order valence-corrected chi connectivity index (χ0v) is 13.9. The number of nitrogens with zero attached hydrogens (tertiary/aromatic N) is 3. The summed E-state index contributed by atoms with van der Waals surface area (Å²) in [5.41, 5.74) is 2.98. The quantitative estimate of drug-likeness (QED) is 0.673. The van der Waals surface area contributed by atoms with E-state index in [2.05, 4.69) is 9.97 Å². The van der Waals surface area contributed by atoms with Gasteiger partial charge in [0.15, 0.2) is 11.5 Å². The SMILES string of the molecule is CCOC(=O)c1nc(-c2ccccc2)oc1Cn1cnc(C)c1C. The molecule has 1 aromatic carbocycles. The van der Waals surface area contributed by atoms with Crippen LogP contribution in [0.25, 0.3) is 11.5 Å². The van der Waals surface area contributed by atoms with Crippen LogP contribution >= 0.6 is 0 Å². The van der Waals surface area contributed by atoms with E-state index >= 15 is 0 Å². The van der Waals surface area contributed by atoms with E-state index in [4.69, 9.17) is 9.15 Å². The molecule has 24 heavy (non-hydrogen) atoms. The number of hydrogen-bond acceptors (Lipinski definition) is 5. The van der Waals surface area contributed by atoms with Gasteiger partial charge in [-0.25, -0.2) is 14.8 Å². The average Bonchev–Trinajstić information content (AvgIpc) is 3.15. The van der Waals surface area contributed by atoms with E-state index in [9.17, 15) is 4.79 Å². The molecule has 2 aromatic heterocycles. The van der Waals surface area contributed by atoms with Crippen LogP contribution in [-0.4, -0.2) is 27.1 Å². The minimum Gasteiger partial charge on any atom is -0.461 e. The second-order valence-corrected chi connectivity index (χ2v) is 5.42. The number of aryl methyl sites for hydroxylation is 1. The normalized spacial score (nSPS) is 10.8. The molecule has 0 radical (unpaired) electrons. The Morgan fingerprint density at radius 1 is 1.25 bits per heavy atom. The molecule has 0 atom stereocenters. The van der Waals surface area contributed by atoms with Crippen molar-refractivity contribution in [3.05, 3.63) is 59.5 Å². The van der Waals surface area contributed by atoms with Crippen molar-refractivity contribution in [2.24, 2.45) is 0 Å². The van der Waals surface area contributed by atoms with Crippen LogP contribution in [0.3, 0.4) is 0 Å². The van der Waals surface area contributed by atoms with Crippen LogP contribution < -0.4 is 0 Å². The molecular weight excluding hydrogens is 306 g/mol. The van der Waals surface area contributed by atoms with Gasteiger partial charge < -0.3 is 13.7 Å². The molecule has 0 saturated carbocycles. The third-order valence-electron chi connectivity index (χ3n) is 3.85. The molecule has 0 aliphatic carbocycles. The lowest BCUT2D eigenvalue weighted by Crippen LogP contribution is -2.10. The lowest BCUT2D eigenvalue weighted by atomic mass is 10.2. The molecule has 0 aliphatic rings. The van der Waals surface area contributed by atoms with Crippen molar-refractivity contribution in [3.63, 3.8) is 0 Å². The van der Waals surface area contributed by atoms with Gasteiger partial charge in [-0.2, -0.15) is 0 Å². The van der Waals surface area contributed by atoms with Crippen LogP contribution in [0.5, 0.6) is 0 Å². The number of hydrogen-bond donors (Lipinski definition) is 0. The molecule has 124 valence electrons. The predicted octanol–water partition coefficient (Wildman–Crippen LogP) is 3.38. The summed E-state index contributed by atoms with van der Waals surface area (Å²) in [4.78, 5) is 20.9. The van der Waals surface area contributed by atoms with E-state index < -0.39 is 5.97 Å². The van der Waals surface area contributed by atoms with Crippen LogP contribution in [0.4, 0.5) is 0 Å². The monoisotopic (exact) mass is 325 g/mol. The molecule has 6 heteroatoms. The Hall–Kier alpha value is -2.89. The summed E-state index contributed by atoms with van der Waals surface area (Å²) >= 11 is 0. The molecule has 0 unspecified atom stereocenters. The Kier molecular flexibility index (Phi) is 4.46. The van der Waals surface area contributed by atoms with Gasteiger partial charge in [-0.3, -0.25) is 0 Å². The van der Waals surface area contributed by atoms with Gasteiger partial charge in [-0.15, -0.1) is 0 Å². The van der Waals surface area contributed by atoms with Crippen LogP contribution in [0, 0.1) is 13.8 Å². The molecule has 0 saturated heterocycles. The number of carbonyl (C=O) groups excluding carboxylic acids is 1. The van der Waals surface area contributed by atoms with E-state index in [1.54, 1.807) is 13.3 Å². The van der Waals surface area contributed by atoms with Crippen molar-refractivity contribution >= 4 is 5.97 Å². The second kappa shape index (κ2) is 6.70. The van der Waals surface area contributed by atoms with Crippen molar-refractivity contribution in [1.29, 1.82) is 0 Å². The maximum absolute atomic E-state index is 12.2. The number of imidazole rings is 1. The Labute approximate surface area is 140 Å². The number of aromatic nitrogens is 3. The van der Waals surface area contributed by atoms with Crippen molar-refractivity contribution in [2.75, 3.05) is 6.61 Å². The van der Waals surface area contributed by atoms with E-state index in [-0.39, 0.29) is 12.3 Å². The average molecular weight is 325 g/mol. The number of benzene rings is 1. The van der Waals surface area contributed by atoms with Gasteiger partial charge >= 0.3 is 5.97 Å². The number of ether oxygens (including phenoxy) is 1. The van der Waals surface area contributed by atoms with Crippen LogP contribution in [-0.2, 0) is 11.3 Å². The highest BCUT2D eigenvalue weighted by molar-refractivity contribution is 5.89. The van der Waals surface area contributed by atoms with E-state index in [1.165, 1.54) is 0 Å². The Balaban J connectivity index is 2.01. The van der Waals surface area contributed by atoms with Gasteiger partial charge in [0.1, 0.15) is 0 Å². The largest absolute Gasteiger partial charge is 0.461 e. The van der Waals surface area contributed by atoms with Crippen molar-refractivity contribution < 1.29 is 13.9 Å². The van der Waals surface area contributed by atoms with Gasteiger partial charge in [0.05, 0.1) is 25.2 Å². The molecule has 0 bridgehead atoms. The molecule has 2 heterocycles. The lowest BCUT2D eigenvalue weighted by molar-refractivity contribution is 0.0517. The summed E-state index contributed by atoms with van der Waals surface area (Å²) in [5, 5.41) is 0. The van der Waals surface area contributed by atoms with E-state index in [0.717, 1.165) is 17.0 Å². The van der Waals surface area contributed by atoms with Gasteiger partial charge in [0, 0.05) is 11.3 Å². The highest BCUT2D eigenvalue weighted by Gasteiger charge is 2.22. The highest BCUT2D eigenvalue weighted by Crippen LogP contribution is 2.24. The van der Waals surface area contributed by atoms with Crippen LogP contribution in [0.15, 0.2) is 41.1 Å². The number of rotatable bonds is 5. The first-order chi connectivity index (χ1) is 11.6. The minimum atomic E-state index is -0.479. The summed E-state index contributed by atoms with van der Waals surface area (Å²) in [5.74, 6) is 0.392. The Morgan fingerprint density at radius 2 is 2.00 bits per heavy atom. The molecule has 3 aromatic rings. The van der Waals surface area contributed by atoms with Gasteiger partial charge in [0.2, 0.25) is 5.89 Å². The third kappa shape index (κ3) is 3.08. The minimum absolute atomic E-state index is 0.210. The Morgan fingerprint density at radius 3 is 2.62 bits per heavy atom. The molecule has 0 aliphatic heterocycles. The molecule has 0 spiro atoms. The molecule has 0 N–H and O–H groups in total. The third-order valence-corrected chi connectivity index (χ3v) is 3.85. The fourth-order valence-electron chi connectivity index (χ4n) is 2.38. The zero-order valence-electron chi connectivity index (χ0n) is 13.9. The highest BCUT2D eigenvalue weighted by atomic mass is 16.5. The molecule has 3 rings (SSSR count). The standard InChI is InChI=1S/C18H19N3O3/c1-4-23-18(22)16-15(10-21-11-19-12(2)13(21)3)24-17(20-16)14-8-6-5-7-9-14/h5-9,11H,4,10H2,1-3H3. The first kappa shape index (κ1) is 16.0. The summed E-state index contributed by atoms with van der Waals surface area (Å²) < 4.78 is 12.9. The lowest BCUT2D eigenvalue weighted by Gasteiger charge is -2.04. The van der Waals surface area contributed by atoms with Gasteiger partial charge in [0.25, 0.3) is 0 Å². The second-order valence-electron chi connectivity index (χ2n) is 5.42. The van der Waals surface area contributed by atoms with E-state index in [1.807, 2.05) is 48.7 Å². The maximum atomic E-state index is 12.2. The predicted molar refractivity (Wildman–Crippen MR) is 88.7 cm³/mol. The van der Waals surface area contributed by atoms with Crippen molar-refractivity contribution in [2.45, 2.75) is 27.3 Å². The number of carbonyl (C=O) groups is 1. The van der Waals surface area contributed by atoms with Gasteiger partial charge in [-0.1, -0.05) is 18.2 Å². The molecule has 0 amide bonds. The summed E-state index contributed by atoms with van der Waals surface area (Å²) in [6, 6.07) is 9.48. The topological polar surface area (TPSA) is 70.2 Å². The van der Waals surface area contributed by atoms with Crippen LogP contribution in [0.1, 0.15) is 34.6 Å². The zero-order chi connectivity index (χ0) is 17.1. The van der Waals surface area contributed by atoms with Gasteiger partial charge in [-0.05, 0) is 32.9 Å². The van der Waals surface area contributed by atoms with Crippen molar-refractivity contribution in [3.8, 4) is 11.5 Å². The van der Waals surface area contributed by atoms with E-state index in [0.29, 0.717) is 18.2 Å². The number of oxazole rings is 1. The first-order valence-electron chi connectivity index (χ1n) is 7.80. The first-order valence-corrected chi connectivity index (χ1v) is 7.80.